The van der Waals surface area contributed by atoms with E-state index >= 15 is 0 Å². The number of ether oxygens (including phenoxy) is 4. The number of aliphatic imine (C=N–C) groups is 1. The number of rotatable bonds is 18. The lowest BCUT2D eigenvalue weighted by Gasteiger charge is -2.35. The van der Waals surface area contributed by atoms with E-state index in [4.69, 9.17) is 24.7 Å². The largest absolute Gasteiger partial charge is 0.490 e. The van der Waals surface area contributed by atoms with Gasteiger partial charge in [-0.25, -0.2) is 17.9 Å². The van der Waals surface area contributed by atoms with Gasteiger partial charge in [0.05, 0.1) is 18.4 Å². The van der Waals surface area contributed by atoms with Crippen LogP contribution < -0.4 is 25.2 Å². The maximum absolute atomic E-state index is 14.0. The molecule has 6 rings (SSSR count). The Morgan fingerprint density at radius 1 is 0.968 bits per heavy atom. The number of hydrogen-bond acceptors (Lipinski definition) is 10. The van der Waals surface area contributed by atoms with Crippen molar-refractivity contribution in [2.75, 3.05) is 26.9 Å². The number of sulfonamides is 1. The second-order valence-electron chi connectivity index (χ2n) is 16.7. The summed E-state index contributed by atoms with van der Waals surface area (Å²) in [4.78, 5) is 45.1. The van der Waals surface area contributed by atoms with Gasteiger partial charge in [0.2, 0.25) is 11.9 Å². The molecule has 334 valence electrons. The minimum atomic E-state index is -4.14. The molecule has 4 aromatic carbocycles. The summed E-state index contributed by atoms with van der Waals surface area (Å²) in [6.45, 7) is 13.5. The normalized spacial score (nSPS) is 15.1. The molecule has 4 N–H and O–H groups in total. The van der Waals surface area contributed by atoms with Crippen molar-refractivity contribution in [1.82, 2.24) is 10.0 Å². The van der Waals surface area contributed by atoms with Crippen LogP contribution in [0.15, 0.2) is 95.3 Å². The molecule has 4 aromatic rings. The van der Waals surface area contributed by atoms with Crippen LogP contribution in [0.1, 0.15) is 84.4 Å². The number of carbonyl (C=O) groups excluding carboxylic acids is 3. The number of amides is 1. The lowest BCUT2D eigenvalue weighted by molar-refractivity contribution is -0.148. The minimum absolute atomic E-state index is 0.0353. The van der Waals surface area contributed by atoms with Crippen molar-refractivity contribution in [3.05, 3.63) is 124 Å². The number of nitrogens with one attached hydrogen (secondary N) is 2. The average molecular weight is 879 g/mol. The van der Waals surface area contributed by atoms with E-state index in [0.29, 0.717) is 29.9 Å². The van der Waals surface area contributed by atoms with Crippen LogP contribution in [0.25, 0.3) is 11.1 Å². The number of benzene rings is 4. The highest BCUT2D eigenvalue weighted by atomic mass is 32.2. The van der Waals surface area contributed by atoms with Crippen molar-refractivity contribution in [3.63, 3.8) is 0 Å². The number of fused-ring (bicyclic) bond motifs is 4. The molecule has 0 aromatic heterocycles. The molecule has 2 atom stereocenters. The highest BCUT2D eigenvalue weighted by Gasteiger charge is 2.35. The molecule has 0 unspecified atom stereocenters. The number of guanidine groups is 1. The first kappa shape index (κ1) is 46.4. The Labute approximate surface area is 370 Å². The first-order valence-corrected chi connectivity index (χ1v) is 22.7. The molecule has 13 nitrogen and oxygen atoms in total. The predicted molar refractivity (Wildman–Crippen MR) is 242 cm³/mol. The number of esters is 2. The van der Waals surface area contributed by atoms with E-state index in [-0.39, 0.29) is 61.2 Å². The SMILES string of the molecule is C=CCOc1ccc(C[C@H](NC(=O)[C@H](CCCN=C(N)NS(=O)(=O)c2c(C)c(C)c3c(c2C)CCC(C)(C)O3)CC(=O)OCC2c3ccccc3-c3ccccc32)C(=O)OC)cc1. The molecule has 0 bridgehead atoms. The quantitative estimate of drug-likeness (QED) is 0.0312. The van der Waals surface area contributed by atoms with Gasteiger partial charge in [-0.1, -0.05) is 73.3 Å². The van der Waals surface area contributed by atoms with E-state index in [1.54, 1.807) is 44.2 Å². The average Bonchev–Trinajstić information content (AvgIpc) is 3.57. The zero-order chi connectivity index (χ0) is 45.5. The molecule has 63 heavy (non-hydrogen) atoms. The number of methoxy groups -OCH3 is 1. The summed E-state index contributed by atoms with van der Waals surface area (Å²) in [5.74, 6) is -1.88. The maximum Gasteiger partial charge on any atom is 0.328 e. The third-order valence-electron chi connectivity index (χ3n) is 11.9. The molecular weight excluding hydrogens is 821 g/mol. The second-order valence-corrected chi connectivity index (χ2v) is 18.4. The summed E-state index contributed by atoms with van der Waals surface area (Å²) in [5.41, 5.74) is 13.6. The van der Waals surface area contributed by atoms with Crippen molar-refractivity contribution >= 4 is 33.8 Å². The summed E-state index contributed by atoms with van der Waals surface area (Å²) in [6, 6.07) is 22.0. The first-order chi connectivity index (χ1) is 30.0. The smallest absolute Gasteiger partial charge is 0.328 e. The lowest BCUT2D eigenvalue weighted by atomic mass is 9.88. The Kier molecular flexibility index (Phi) is 14.7. The van der Waals surface area contributed by atoms with Crippen molar-refractivity contribution < 1.29 is 41.7 Å². The maximum atomic E-state index is 14.0. The second kappa shape index (κ2) is 19.9. The third-order valence-corrected chi connectivity index (χ3v) is 13.5. The van der Waals surface area contributed by atoms with E-state index in [1.165, 1.54) is 7.11 Å². The molecule has 0 radical (unpaired) electrons. The van der Waals surface area contributed by atoms with Gasteiger partial charge in [-0.05, 0) is 123 Å². The van der Waals surface area contributed by atoms with Crippen LogP contribution in [-0.2, 0) is 46.7 Å². The molecule has 0 saturated carbocycles. The Balaban J connectivity index is 1.15. The van der Waals surface area contributed by atoms with Crippen LogP contribution in [0, 0.1) is 26.7 Å². The molecule has 0 spiro atoms. The van der Waals surface area contributed by atoms with E-state index in [1.807, 2.05) is 69.3 Å². The molecule has 14 heteroatoms. The van der Waals surface area contributed by atoms with Gasteiger partial charge in [0.15, 0.2) is 0 Å². The van der Waals surface area contributed by atoms with Gasteiger partial charge in [-0.2, -0.15) is 0 Å². The Morgan fingerprint density at radius 3 is 2.25 bits per heavy atom. The number of hydrogen-bond donors (Lipinski definition) is 3. The first-order valence-electron chi connectivity index (χ1n) is 21.2. The highest BCUT2D eigenvalue weighted by Crippen LogP contribution is 2.45. The fraction of sp³-hybridized carbons (Fsp3) is 0.388. The standard InChI is InChI=1S/C49H58N4O9S/c1-8-26-60-35-21-19-33(20-22-35)27-42(47(56)59-7)52-46(55)34(28-43(54)61-29-41-39-17-11-9-15-37(39)38-16-10-12-18-40(38)41)14-13-25-51-48(50)53-63(57,58)45-31(3)30(2)44-36(32(45)4)23-24-49(5,6)62-44/h8-12,15-22,34,41-42H,1,13-14,23-29H2,2-7H3,(H,52,55)(H3,50,51,53)/t34-,42+/m1/s1. The van der Waals surface area contributed by atoms with Crippen LogP contribution >= 0.6 is 0 Å². The predicted octanol–water partition coefficient (Wildman–Crippen LogP) is 6.92. The van der Waals surface area contributed by atoms with E-state index in [0.717, 1.165) is 51.1 Å². The van der Waals surface area contributed by atoms with Crippen molar-refractivity contribution in [3.8, 4) is 22.6 Å². The summed E-state index contributed by atoms with van der Waals surface area (Å²) in [6.07, 6.45) is 3.26. The third kappa shape index (κ3) is 10.9. The lowest BCUT2D eigenvalue weighted by Crippen LogP contribution is -2.46. The molecule has 1 amide bonds. The van der Waals surface area contributed by atoms with E-state index in [2.05, 4.69) is 21.6 Å². The Bertz CT molecular complexity index is 2450. The van der Waals surface area contributed by atoms with Gasteiger partial charge in [-0.3, -0.25) is 14.6 Å². The zero-order valence-electron chi connectivity index (χ0n) is 36.9. The van der Waals surface area contributed by atoms with Gasteiger partial charge in [0.25, 0.3) is 10.0 Å². The van der Waals surface area contributed by atoms with E-state index in [9.17, 15) is 22.8 Å². The Morgan fingerprint density at radius 2 is 1.62 bits per heavy atom. The van der Waals surface area contributed by atoms with Crippen LogP contribution in [0.2, 0.25) is 0 Å². The van der Waals surface area contributed by atoms with E-state index < -0.39 is 39.8 Å². The molecule has 1 aliphatic heterocycles. The molecule has 0 saturated heterocycles. The Hall–Kier alpha value is -6.15. The van der Waals surface area contributed by atoms with Crippen LogP contribution in [0.5, 0.6) is 11.5 Å². The fourth-order valence-electron chi connectivity index (χ4n) is 8.45. The molecular formula is C49H58N4O9S. The number of carbonyl (C=O) groups is 3. The number of nitrogens with two attached hydrogens (primary N) is 1. The monoisotopic (exact) mass is 878 g/mol. The summed E-state index contributed by atoms with van der Waals surface area (Å²) in [5, 5.41) is 2.81. The topological polar surface area (TPSA) is 185 Å². The molecule has 0 fully saturated rings. The van der Waals surface area contributed by atoms with Gasteiger partial charge in [0, 0.05) is 24.8 Å². The van der Waals surface area contributed by atoms with Crippen LogP contribution in [-0.4, -0.2) is 70.7 Å². The van der Waals surface area contributed by atoms with Gasteiger partial charge in [0.1, 0.15) is 36.4 Å². The number of nitrogens with zero attached hydrogens (tertiary/aromatic N) is 1. The van der Waals surface area contributed by atoms with Crippen LogP contribution in [0.4, 0.5) is 0 Å². The summed E-state index contributed by atoms with van der Waals surface area (Å²) >= 11 is 0. The summed E-state index contributed by atoms with van der Waals surface area (Å²) < 4.78 is 52.8. The van der Waals surface area contributed by atoms with Crippen LogP contribution in [0.3, 0.4) is 0 Å². The zero-order valence-corrected chi connectivity index (χ0v) is 37.7. The molecule has 1 aliphatic carbocycles. The highest BCUT2D eigenvalue weighted by molar-refractivity contribution is 7.90. The van der Waals surface area contributed by atoms with Gasteiger partial charge < -0.3 is 30.0 Å². The molecule has 1 heterocycles. The minimum Gasteiger partial charge on any atom is -0.490 e. The fourth-order valence-corrected chi connectivity index (χ4v) is 9.97. The summed E-state index contributed by atoms with van der Waals surface area (Å²) in [7, 11) is -2.90. The van der Waals surface area contributed by atoms with Crippen molar-refractivity contribution in [2.45, 2.75) is 95.6 Å². The van der Waals surface area contributed by atoms with Crippen molar-refractivity contribution in [2.24, 2.45) is 16.6 Å². The van der Waals surface area contributed by atoms with Gasteiger partial charge >= 0.3 is 11.9 Å². The van der Waals surface area contributed by atoms with Gasteiger partial charge in [-0.15, -0.1) is 0 Å². The van der Waals surface area contributed by atoms with Crippen molar-refractivity contribution in [1.29, 1.82) is 0 Å². The molecule has 2 aliphatic rings.